The van der Waals surface area contributed by atoms with Crippen LogP contribution in [0.3, 0.4) is 0 Å². The van der Waals surface area contributed by atoms with Crippen molar-refractivity contribution in [2.45, 2.75) is 45.6 Å². The van der Waals surface area contributed by atoms with Crippen LogP contribution in [0.4, 0.5) is 5.69 Å². The molecule has 1 aromatic heterocycles. The average Bonchev–Trinajstić information content (AvgIpc) is 2.47. The van der Waals surface area contributed by atoms with Crippen LogP contribution in [0.15, 0.2) is 6.20 Å². The second-order valence-electron chi connectivity index (χ2n) is 5.56. The van der Waals surface area contributed by atoms with Gasteiger partial charge in [0.25, 0.3) is 0 Å². The first-order valence-electron chi connectivity index (χ1n) is 7.49. The second kappa shape index (κ2) is 6.85. The number of ether oxygens (including phenoxy) is 1. The molecule has 0 aliphatic carbocycles. The largest absolute Gasteiger partial charge is 0.476 e. The number of hydrogen-bond donors (Lipinski definition) is 1. The number of aromatic nitrogens is 2. The van der Waals surface area contributed by atoms with Crippen LogP contribution < -0.4 is 4.90 Å². The Labute approximate surface area is 125 Å². The number of anilines is 1. The third-order valence-corrected chi connectivity index (χ3v) is 3.69. The highest BCUT2D eigenvalue weighted by Gasteiger charge is 2.25. The van der Waals surface area contributed by atoms with Crippen molar-refractivity contribution >= 4 is 11.7 Å². The van der Waals surface area contributed by atoms with Crippen LogP contribution in [0.1, 0.15) is 55.8 Å². The molecule has 6 heteroatoms. The normalized spacial score (nSPS) is 16.5. The van der Waals surface area contributed by atoms with Gasteiger partial charge in [0, 0.05) is 25.6 Å². The molecule has 0 aromatic carbocycles. The van der Waals surface area contributed by atoms with Crippen molar-refractivity contribution in [3.8, 4) is 0 Å². The van der Waals surface area contributed by atoms with Crippen molar-refractivity contribution in [3.63, 3.8) is 0 Å². The average molecular weight is 293 g/mol. The van der Waals surface area contributed by atoms with Crippen LogP contribution in [-0.2, 0) is 4.74 Å². The minimum absolute atomic E-state index is 0.101. The lowest BCUT2D eigenvalue weighted by atomic mass is 10.1. The summed E-state index contributed by atoms with van der Waals surface area (Å²) >= 11 is 0. The number of piperidine rings is 1. The van der Waals surface area contributed by atoms with E-state index in [2.05, 4.69) is 9.97 Å². The van der Waals surface area contributed by atoms with Gasteiger partial charge in [-0.25, -0.2) is 14.8 Å². The fraction of sp³-hybridized carbons (Fsp3) is 0.667. The molecule has 1 aliphatic rings. The van der Waals surface area contributed by atoms with Gasteiger partial charge in [0.05, 0.1) is 18.0 Å². The molecule has 1 saturated heterocycles. The van der Waals surface area contributed by atoms with E-state index in [4.69, 9.17) is 4.74 Å². The summed E-state index contributed by atoms with van der Waals surface area (Å²) < 4.78 is 5.62. The predicted molar refractivity (Wildman–Crippen MR) is 79.9 cm³/mol. The molecule has 1 fully saturated rings. The summed E-state index contributed by atoms with van der Waals surface area (Å²) in [5.41, 5.74) is 0.713. The zero-order valence-electron chi connectivity index (χ0n) is 12.9. The van der Waals surface area contributed by atoms with E-state index in [0.717, 1.165) is 32.5 Å². The smallest absolute Gasteiger partial charge is 0.356 e. The molecule has 6 nitrogen and oxygen atoms in total. The van der Waals surface area contributed by atoms with Crippen molar-refractivity contribution < 1.29 is 14.6 Å². The Hall–Kier alpha value is -1.69. The Balaban J connectivity index is 2.18. The quantitative estimate of drug-likeness (QED) is 0.897. The van der Waals surface area contributed by atoms with Gasteiger partial charge in [-0.3, -0.25) is 0 Å². The molecule has 116 valence electrons. The lowest BCUT2D eigenvalue weighted by Gasteiger charge is -2.33. The van der Waals surface area contributed by atoms with E-state index in [0.29, 0.717) is 11.5 Å². The lowest BCUT2D eigenvalue weighted by molar-refractivity contribution is 0.0458. The number of aromatic carboxylic acids is 1. The Morgan fingerprint density at radius 1 is 1.48 bits per heavy atom. The molecular formula is C15H23N3O3. The van der Waals surface area contributed by atoms with Crippen LogP contribution in [0.25, 0.3) is 0 Å². The van der Waals surface area contributed by atoms with Gasteiger partial charge in [0.1, 0.15) is 5.82 Å². The molecular weight excluding hydrogens is 270 g/mol. The van der Waals surface area contributed by atoms with Crippen molar-refractivity contribution in [3.05, 3.63) is 17.7 Å². The van der Waals surface area contributed by atoms with E-state index in [-0.39, 0.29) is 17.7 Å². The first-order chi connectivity index (χ1) is 10.0. The van der Waals surface area contributed by atoms with Crippen molar-refractivity contribution in [1.82, 2.24) is 9.97 Å². The zero-order chi connectivity index (χ0) is 15.4. The van der Waals surface area contributed by atoms with Crippen molar-refractivity contribution in [1.29, 1.82) is 0 Å². The molecule has 0 amide bonds. The van der Waals surface area contributed by atoms with Gasteiger partial charge in [-0.1, -0.05) is 13.8 Å². The minimum Gasteiger partial charge on any atom is -0.476 e. The van der Waals surface area contributed by atoms with Gasteiger partial charge in [-0.2, -0.15) is 0 Å². The topological polar surface area (TPSA) is 75.5 Å². The van der Waals surface area contributed by atoms with Crippen LogP contribution in [0, 0.1) is 0 Å². The molecule has 21 heavy (non-hydrogen) atoms. The monoisotopic (exact) mass is 293 g/mol. The van der Waals surface area contributed by atoms with Gasteiger partial charge >= 0.3 is 5.97 Å². The first kappa shape index (κ1) is 15.7. The highest BCUT2D eigenvalue weighted by atomic mass is 16.5. The summed E-state index contributed by atoms with van der Waals surface area (Å²) in [6.07, 6.45) is 3.72. The van der Waals surface area contributed by atoms with Crippen molar-refractivity contribution in [2.75, 3.05) is 24.6 Å². The fourth-order valence-corrected chi connectivity index (χ4v) is 2.56. The van der Waals surface area contributed by atoms with Crippen LogP contribution >= 0.6 is 0 Å². The molecule has 0 atom stereocenters. The molecule has 2 rings (SSSR count). The van der Waals surface area contributed by atoms with Crippen LogP contribution in [-0.4, -0.2) is 46.8 Å². The Morgan fingerprint density at radius 3 is 2.67 bits per heavy atom. The molecule has 1 aromatic rings. The number of nitrogens with zero attached hydrogens (tertiary/aromatic N) is 3. The summed E-state index contributed by atoms with van der Waals surface area (Å²) in [6, 6.07) is 0. The molecule has 1 aliphatic heterocycles. The maximum atomic E-state index is 11.5. The van der Waals surface area contributed by atoms with E-state index in [1.807, 2.05) is 25.7 Å². The molecule has 0 saturated carbocycles. The number of carboxylic acids is 1. The maximum absolute atomic E-state index is 11.5. The summed E-state index contributed by atoms with van der Waals surface area (Å²) in [6.45, 7) is 8.16. The standard InChI is InChI=1S/C15H23N3O3/c1-4-21-11-5-7-18(8-6-11)12-9-16-14(10(2)3)17-13(12)15(19)20/h9-11H,4-8H2,1-3H3,(H,19,20). The second-order valence-corrected chi connectivity index (χ2v) is 5.56. The van der Waals surface area contributed by atoms with E-state index in [1.54, 1.807) is 6.20 Å². The minimum atomic E-state index is -0.999. The van der Waals surface area contributed by atoms with Gasteiger partial charge < -0.3 is 14.7 Å². The first-order valence-corrected chi connectivity index (χ1v) is 7.49. The van der Waals surface area contributed by atoms with Gasteiger partial charge in [0.15, 0.2) is 5.69 Å². The van der Waals surface area contributed by atoms with Crippen LogP contribution in [0.5, 0.6) is 0 Å². The van der Waals surface area contributed by atoms with E-state index in [9.17, 15) is 9.90 Å². The van der Waals surface area contributed by atoms with Gasteiger partial charge in [-0.05, 0) is 19.8 Å². The SMILES string of the molecule is CCOC1CCN(c2cnc(C(C)C)nc2C(=O)O)CC1. The van der Waals surface area contributed by atoms with Gasteiger partial charge in [-0.15, -0.1) is 0 Å². The Kier molecular flexibility index (Phi) is 5.12. The lowest BCUT2D eigenvalue weighted by Crippen LogP contribution is -2.38. The third kappa shape index (κ3) is 3.69. The maximum Gasteiger partial charge on any atom is 0.356 e. The highest BCUT2D eigenvalue weighted by Crippen LogP contribution is 2.25. The number of hydrogen-bond acceptors (Lipinski definition) is 5. The number of carboxylic acid groups (broad SMARTS) is 1. The van der Waals surface area contributed by atoms with E-state index < -0.39 is 5.97 Å². The molecule has 0 spiro atoms. The van der Waals surface area contributed by atoms with E-state index in [1.165, 1.54) is 0 Å². The molecule has 0 unspecified atom stereocenters. The third-order valence-electron chi connectivity index (χ3n) is 3.69. The summed E-state index contributed by atoms with van der Waals surface area (Å²) in [7, 11) is 0. The Morgan fingerprint density at radius 2 is 2.14 bits per heavy atom. The molecule has 1 N–H and O–H groups in total. The zero-order valence-corrected chi connectivity index (χ0v) is 12.9. The number of carbonyl (C=O) groups is 1. The van der Waals surface area contributed by atoms with Crippen LogP contribution in [0.2, 0.25) is 0 Å². The van der Waals surface area contributed by atoms with Crippen molar-refractivity contribution in [2.24, 2.45) is 0 Å². The number of rotatable bonds is 5. The summed E-state index contributed by atoms with van der Waals surface area (Å²) in [5.74, 6) is -0.317. The van der Waals surface area contributed by atoms with Gasteiger partial charge in [0.2, 0.25) is 0 Å². The molecule has 0 bridgehead atoms. The molecule has 0 radical (unpaired) electrons. The van der Waals surface area contributed by atoms with E-state index >= 15 is 0 Å². The Bertz CT molecular complexity index is 497. The molecule has 2 heterocycles. The summed E-state index contributed by atoms with van der Waals surface area (Å²) in [5, 5.41) is 9.40. The highest BCUT2D eigenvalue weighted by molar-refractivity contribution is 5.92. The predicted octanol–water partition coefficient (Wildman–Crippen LogP) is 2.30. The summed E-state index contributed by atoms with van der Waals surface area (Å²) in [4.78, 5) is 22.0. The fourth-order valence-electron chi connectivity index (χ4n) is 2.56.